The number of hydrogen-bond donors (Lipinski definition) is 1. The molecule has 0 amide bonds. The Kier molecular flexibility index (Phi) is 3.88. The molecule has 0 spiro atoms. The fourth-order valence-corrected chi connectivity index (χ4v) is 2.40. The van der Waals surface area contributed by atoms with Crippen LogP contribution in [-0.4, -0.2) is 35.9 Å². The Morgan fingerprint density at radius 3 is 2.83 bits per heavy atom. The molecule has 2 atom stereocenters. The first-order valence-corrected chi connectivity index (χ1v) is 6.48. The number of pyridine rings is 1. The maximum absolute atomic E-state index is 9.47. The second kappa shape index (κ2) is 5.24. The highest BCUT2D eigenvalue weighted by molar-refractivity contribution is 5.40. The lowest BCUT2D eigenvalue weighted by Gasteiger charge is -2.40. The molecule has 1 aromatic heterocycles. The van der Waals surface area contributed by atoms with Gasteiger partial charge >= 0.3 is 0 Å². The van der Waals surface area contributed by atoms with Crippen LogP contribution in [0.25, 0.3) is 0 Å². The molecule has 1 fully saturated rings. The smallest absolute Gasteiger partial charge is 0.128 e. The number of anilines is 1. The summed E-state index contributed by atoms with van der Waals surface area (Å²) in [6.45, 7) is 5.77. The number of nitrogens with zero attached hydrogens (tertiary/aromatic N) is 2. The van der Waals surface area contributed by atoms with E-state index >= 15 is 0 Å². The average molecular weight is 250 g/mol. The van der Waals surface area contributed by atoms with Crippen molar-refractivity contribution in [2.24, 2.45) is 0 Å². The van der Waals surface area contributed by atoms with Gasteiger partial charge in [-0.1, -0.05) is 6.07 Å². The van der Waals surface area contributed by atoms with Gasteiger partial charge in [0.2, 0.25) is 0 Å². The van der Waals surface area contributed by atoms with Crippen LogP contribution in [0.15, 0.2) is 18.3 Å². The maximum Gasteiger partial charge on any atom is 0.128 e. The number of aliphatic hydroxyl groups is 1. The predicted molar refractivity (Wildman–Crippen MR) is 71.7 cm³/mol. The number of aromatic nitrogens is 1. The first kappa shape index (κ1) is 13.3. The molecule has 18 heavy (non-hydrogen) atoms. The molecule has 0 radical (unpaired) electrons. The van der Waals surface area contributed by atoms with Gasteiger partial charge in [0.25, 0.3) is 0 Å². The van der Waals surface area contributed by atoms with Crippen molar-refractivity contribution in [1.29, 1.82) is 0 Å². The molecule has 1 saturated heterocycles. The lowest BCUT2D eigenvalue weighted by Crippen LogP contribution is -2.47. The topological polar surface area (TPSA) is 45.6 Å². The van der Waals surface area contributed by atoms with E-state index in [1.54, 1.807) is 20.2 Å². The number of ether oxygens (including phenoxy) is 1. The molecule has 2 heterocycles. The number of rotatable bonds is 3. The lowest BCUT2D eigenvalue weighted by molar-refractivity contribution is -0.00481. The fourth-order valence-electron chi connectivity index (χ4n) is 2.40. The summed E-state index contributed by atoms with van der Waals surface area (Å²) < 4.78 is 5.58. The quantitative estimate of drug-likeness (QED) is 0.892. The summed E-state index contributed by atoms with van der Waals surface area (Å²) in [5, 5.41) is 9.47. The largest absolute Gasteiger partial charge is 0.389 e. The molecule has 1 N–H and O–H groups in total. The molecule has 1 aliphatic heterocycles. The third-order valence-electron chi connectivity index (χ3n) is 3.73. The van der Waals surface area contributed by atoms with Crippen LogP contribution in [0.1, 0.15) is 38.4 Å². The van der Waals surface area contributed by atoms with Gasteiger partial charge < -0.3 is 14.7 Å². The van der Waals surface area contributed by atoms with Gasteiger partial charge in [-0.15, -0.1) is 0 Å². The first-order chi connectivity index (χ1) is 8.54. The van der Waals surface area contributed by atoms with Gasteiger partial charge in [0.05, 0.1) is 11.7 Å². The Bertz CT molecular complexity index is 391. The van der Waals surface area contributed by atoms with Crippen molar-refractivity contribution in [2.75, 3.05) is 25.1 Å². The van der Waals surface area contributed by atoms with Gasteiger partial charge in [-0.25, -0.2) is 4.98 Å². The molecule has 1 unspecified atom stereocenters. The van der Waals surface area contributed by atoms with Crippen LogP contribution in [0.2, 0.25) is 0 Å². The second-order valence-corrected chi connectivity index (χ2v) is 5.30. The zero-order chi connectivity index (χ0) is 13.2. The Hall–Kier alpha value is -1.13. The van der Waals surface area contributed by atoms with E-state index in [2.05, 4.69) is 16.8 Å². The standard InChI is InChI=1S/C14H22N2O2/c1-11(17)12-5-6-13(15-9-12)16-8-4-7-14(2,10-16)18-3/h5-6,9,11,17H,4,7-8,10H2,1-3H3/t11-,14?/m1/s1. The van der Waals surface area contributed by atoms with E-state index < -0.39 is 6.10 Å². The van der Waals surface area contributed by atoms with E-state index in [0.717, 1.165) is 37.3 Å². The van der Waals surface area contributed by atoms with Crippen molar-refractivity contribution in [3.05, 3.63) is 23.9 Å². The summed E-state index contributed by atoms with van der Waals surface area (Å²) in [7, 11) is 1.77. The molecule has 0 bridgehead atoms. The molecule has 0 aliphatic carbocycles. The molecule has 1 aromatic rings. The zero-order valence-corrected chi connectivity index (χ0v) is 11.4. The van der Waals surface area contributed by atoms with Crippen LogP contribution in [-0.2, 0) is 4.74 Å². The predicted octanol–water partition coefficient (Wildman–Crippen LogP) is 2.14. The SMILES string of the molecule is COC1(C)CCCN(c2ccc([C@@H](C)O)cn2)C1. The monoisotopic (exact) mass is 250 g/mol. The van der Waals surface area contributed by atoms with Crippen LogP contribution >= 0.6 is 0 Å². The summed E-state index contributed by atoms with van der Waals surface area (Å²) in [5.41, 5.74) is 0.772. The highest BCUT2D eigenvalue weighted by Crippen LogP contribution is 2.27. The molecule has 0 saturated carbocycles. The normalized spacial score (nSPS) is 26.1. The van der Waals surface area contributed by atoms with Crippen molar-refractivity contribution < 1.29 is 9.84 Å². The lowest BCUT2D eigenvalue weighted by atomic mass is 9.95. The van der Waals surface area contributed by atoms with Crippen LogP contribution < -0.4 is 4.90 Å². The molecule has 100 valence electrons. The Labute approximate surface area is 109 Å². The molecule has 2 rings (SSSR count). The van der Waals surface area contributed by atoms with Crippen LogP contribution in [0.3, 0.4) is 0 Å². The number of piperidine rings is 1. The molecular formula is C14H22N2O2. The molecule has 1 aliphatic rings. The molecule has 0 aromatic carbocycles. The minimum absolute atomic E-state index is 0.0805. The van der Waals surface area contributed by atoms with E-state index in [9.17, 15) is 5.11 Å². The van der Waals surface area contributed by atoms with Crippen LogP contribution in [0.4, 0.5) is 5.82 Å². The van der Waals surface area contributed by atoms with Crippen LogP contribution in [0.5, 0.6) is 0 Å². The van der Waals surface area contributed by atoms with Crippen molar-refractivity contribution in [3.8, 4) is 0 Å². The summed E-state index contributed by atoms with van der Waals surface area (Å²) in [5.74, 6) is 0.961. The molecular weight excluding hydrogens is 228 g/mol. The number of hydrogen-bond acceptors (Lipinski definition) is 4. The minimum atomic E-state index is -0.461. The third-order valence-corrected chi connectivity index (χ3v) is 3.73. The van der Waals surface area contributed by atoms with Crippen molar-refractivity contribution >= 4 is 5.82 Å². The van der Waals surface area contributed by atoms with E-state index in [4.69, 9.17) is 4.74 Å². The number of aliphatic hydroxyl groups excluding tert-OH is 1. The highest BCUT2D eigenvalue weighted by atomic mass is 16.5. The van der Waals surface area contributed by atoms with E-state index in [-0.39, 0.29) is 5.60 Å². The molecule has 4 heteroatoms. The Balaban J connectivity index is 2.11. The van der Waals surface area contributed by atoms with Gasteiger partial charge in [0.15, 0.2) is 0 Å². The fraction of sp³-hybridized carbons (Fsp3) is 0.643. The van der Waals surface area contributed by atoms with E-state index in [0.29, 0.717) is 0 Å². The van der Waals surface area contributed by atoms with Gasteiger partial charge in [0.1, 0.15) is 5.82 Å². The van der Waals surface area contributed by atoms with E-state index in [1.807, 2.05) is 12.1 Å². The van der Waals surface area contributed by atoms with Crippen molar-refractivity contribution in [2.45, 2.75) is 38.4 Å². The van der Waals surface area contributed by atoms with E-state index in [1.165, 1.54) is 0 Å². The summed E-state index contributed by atoms with van der Waals surface area (Å²) >= 11 is 0. The van der Waals surface area contributed by atoms with Gasteiger partial charge in [-0.3, -0.25) is 0 Å². The average Bonchev–Trinajstić information content (AvgIpc) is 2.39. The van der Waals surface area contributed by atoms with Crippen LogP contribution in [0, 0.1) is 0 Å². The van der Waals surface area contributed by atoms with Crippen molar-refractivity contribution in [1.82, 2.24) is 4.98 Å². The van der Waals surface area contributed by atoms with Crippen molar-refractivity contribution in [3.63, 3.8) is 0 Å². The Morgan fingerprint density at radius 2 is 2.28 bits per heavy atom. The second-order valence-electron chi connectivity index (χ2n) is 5.30. The van der Waals surface area contributed by atoms with Gasteiger partial charge in [0, 0.05) is 26.4 Å². The van der Waals surface area contributed by atoms with Gasteiger partial charge in [-0.05, 0) is 38.3 Å². The molecule has 4 nitrogen and oxygen atoms in total. The third kappa shape index (κ3) is 2.82. The summed E-state index contributed by atoms with van der Waals surface area (Å²) in [6.07, 6.45) is 3.49. The number of methoxy groups -OCH3 is 1. The summed E-state index contributed by atoms with van der Waals surface area (Å²) in [6, 6.07) is 3.91. The zero-order valence-electron chi connectivity index (χ0n) is 11.4. The minimum Gasteiger partial charge on any atom is -0.389 e. The highest BCUT2D eigenvalue weighted by Gasteiger charge is 2.31. The first-order valence-electron chi connectivity index (χ1n) is 6.48. The summed E-state index contributed by atoms with van der Waals surface area (Å²) in [4.78, 5) is 6.68. The maximum atomic E-state index is 9.47. The Morgan fingerprint density at radius 1 is 1.50 bits per heavy atom. The van der Waals surface area contributed by atoms with Gasteiger partial charge in [-0.2, -0.15) is 0 Å².